The predicted molar refractivity (Wildman–Crippen MR) is 116 cm³/mol. The smallest absolute Gasteiger partial charge is 0.251 e. The maximum absolute atomic E-state index is 13.4. The van der Waals surface area contributed by atoms with E-state index in [1.54, 1.807) is 38.1 Å². The van der Waals surface area contributed by atoms with Gasteiger partial charge in [-0.3, -0.25) is 14.8 Å². The monoisotopic (exact) mass is 412 g/mol. The number of hydrogen-bond donors (Lipinski definition) is 2. The number of aliphatic hydroxyl groups excluding tert-OH is 1. The molecule has 1 aliphatic heterocycles. The van der Waals surface area contributed by atoms with Crippen LogP contribution in [0.4, 0.5) is 4.39 Å². The van der Waals surface area contributed by atoms with Crippen molar-refractivity contribution in [2.75, 3.05) is 6.61 Å². The van der Waals surface area contributed by atoms with Gasteiger partial charge in [-0.05, 0) is 71.0 Å². The van der Waals surface area contributed by atoms with E-state index in [0.717, 1.165) is 11.3 Å². The summed E-state index contributed by atoms with van der Waals surface area (Å²) in [5.74, 6) is -0.636. The zero-order chi connectivity index (χ0) is 22.1. The van der Waals surface area contributed by atoms with Crippen LogP contribution in [0.25, 0.3) is 11.3 Å². The highest BCUT2D eigenvalue weighted by molar-refractivity contribution is 5.95. The Morgan fingerprint density at radius 1 is 1.20 bits per heavy atom. The average molecular weight is 413 g/mol. The number of pyridine rings is 1. The molecule has 0 saturated heterocycles. The quantitative estimate of drug-likeness (QED) is 0.780. The summed E-state index contributed by atoms with van der Waals surface area (Å²) in [4.78, 5) is 17.8. The topological polar surface area (TPSA) is 77.8 Å². The van der Waals surface area contributed by atoms with Gasteiger partial charge in [0.1, 0.15) is 5.82 Å². The van der Waals surface area contributed by atoms with E-state index in [2.05, 4.69) is 31.2 Å². The van der Waals surface area contributed by atoms with Gasteiger partial charge in [-0.1, -0.05) is 0 Å². The van der Waals surface area contributed by atoms with Gasteiger partial charge >= 0.3 is 0 Å². The standard InChI is InChI=1S/C23H29FN4O2/c1-22(2,3)28-20(10-11-25-28)19-13-16(21(30)27-23(4,5)14-29)12-18(26-19)15-6-8-17(24)9-7-15/h6-9,11-13,20,29H,10,14H2,1-5H3,(H,27,30). The van der Waals surface area contributed by atoms with Gasteiger partial charge in [0.25, 0.3) is 5.91 Å². The fourth-order valence-corrected chi connectivity index (χ4v) is 3.34. The number of rotatable bonds is 5. The second-order valence-corrected chi connectivity index (χ2v) is 9.23. The van der Waals surface area contributed by atoms with E-state index in [-0.39, 0.29) is 29.9 Å². The second kappa shape index (κ2) is 8.14. The number of amides is 1. The Bertz CT molecular complexity index is 949. The molecule has 1 unspecified atom stereocenters. The van der Waals surface area contributed by atoms with Crippen LogP contribution in [-0.2, 0) is 0 Å². The third kappa shape index (κ3) is 4.84. The molecule has 6 nitrogen and oxygen atoms in total. The van der Waals surface area contributed by atoms with Crippen LogP contribution in [0.3, 0.4) is 0 Å². The SMILES string of the molecule is CC(C)(CO)NC(=O)c1cc(-c2ccc(F)cc2)nc(C2CC=NN2C(C)(C)C)c1. The Balaban J connectivity index is 2.07. The number of carbonyl (C=O) groups excluding carboxylic acids is 1. The number of hydrogen-bond acceptors (Lipinski definition) is 5. The minimum absolute atomic E-state index is 0.109. The summed E-state index contributed by atoms with van der Waals surface area (Å²) in [7, 11) is 0. The highest BCUT2D eigenvalue weighted by atomic mass is 19.1. The Kier molecular flexibility index (Phi) is 5.94. The molecular weight excluding hydrogens is 383 g/mol. The third-order valence-electron chi connectivity index (χ3n) is 4.95. The molecule has 0 saturated carbocycles. The van der Waals surface area contributed by atoms with Gasteiger partial charge in [0, 0.05) is 23.8 Å². The molecule has 0 fully saturated rings. The molecule has 0 spiro atoms. The van der Waals surface area contributed by atoms with E-state index in [1.807, 2.05) is 11.2 Å². The van der Waals surface area contributed by atoms with Crippen LogP contribution in [0, 0.1) is 5.82 Å². The molecule has 1 aliphatic rings. The van der Waals surface area contributed by atoms with Crippen LogP contribution in [-0.4, -0.2) is 44.9 Å². The van der Waals surface area contributed by atoms with E-state index < -0.39 is 5.54 Å². The molecule has 1 aromatic carbocycles. The van der Waals surface area contributed by atoms with Crippen molar-refractivity contribution in [3.8, 4) is 11.3 Å². The van der Waals surface area contributed by atoms with Crippen molar-refractivity contribution in [2.24, 2.45) is 5.10 Å². The fourth-order valence-electron chi connectivity index (χ4n) is 3.34. The van der Waals surface area contributed by atoms with Crippen LogP contribution in [0.15, 0.2) is 41.5 Å². The van der Waals surface area contributed by atoms with E-state index in [4.69, 9.17) is 4.98 Å². The van der Waals surface area contributed by atoms with Crippen molar-refractivity contribution in [2.45, 2.75) is 58.2 Å². The Morgan fingerprint density at radius 3 is 2.47 bits per heavy atom. The largest absolute Gasteiger partial charge is 0.394 e. The first-order valence-electron chi connectivity index (χ1n) is 10.0. The molecule has 160 valence electrons. The lowest BCUT2D eigenvalue weighted by Crippen LogP contribution is -2.46. The first kappa shape index (κ1) is 21.9. The number of halogens is 1. The molecule has 3 rings (SSSR count). The molecule has 0 radical (unpaired) electrons. The summed E-state index contributed by atoms with van der Waals surface area (Å²) in [6.07, 6.45) is 2.54. The van der Waals surface area contributed by atoms with E-state index in [9.17, 15) is 14.3 Å². The van der Waals surface area contributed by atoms with Crippen LogP contribution in [0.2, 0.25) is 0 Å². The first-order chi connectivity index (χ1) is 14.0. The molecule has 30 heavy (non-hydrogen) atoms. The number of nitrogens with one attached hydrogen (secondary N) is 1. The van der Waals surface area contributed by atoms with Gasteiger partial charge in [0.15, 0.2) is 0 Å². The van der Waals surface area contributed by atoms with E-state index in [1.165, 1.54) is 12.1 Å². The third-order valence-corrected chi connectivity index (χ3v) is 4.95. The molecule has 1 aromatic heterocycles. The second-order valence-electron chi connectivity index (χ2n) is 9.23. The molecular formula is C23H29FN4O2. The molecule has 0 aliphatic carbocycles. The molecule has 2 N–H and O–H groups in total. The first-order valence-corrected chi connectivity index (χ1v) is 10.0. The van der Waals surface area contributed by atoms with Crippen LogP contribution < -0.4 is 5.32 Å². The van der Waals surface area contributed by atoms with Gasteiger partial charge in [0.2, 0.25) is 0 Å². The van der Waals surface area contributed by atoms with Crippen LogP contribution in [0.1, 0.15) is 63.1 Å². The zero-order valence-electron chi connectivity index (χ0n) is 18.1. The number of hydrazone groups is 1. The van der Waals surface area contributed by atoms with Crippen molar-refractivity contribution < 1.29 is 14.3 Å². The minimum Gasteiger partial charge on any atom is -0.394 e. The Hall–Kier alpha value is -2.80. The normalized spacial score (nSPS) is 16.8. The fraction of sp³-hybridized carbons (Fsp3) is 0.435. The molecule has 7 heteroatoms. The Labute approximate surface area is 176 Å². The van der Waals surface area contributed by atoms with Gasteiger partial charge in [-0.25, -0.2) is 4.39 Å². The van der Waals surface area contributed by atoms with E-state index in [0.29, 0.717) is 17.7 Å². The zero-order valence-corrected chi connectivity index (χ0v) is 18.1. The Morgan fingerprint density at radius 2 is 1.87 bits per heavy atom. The lowest BCUT2D eigenvalue weighted by atomic mass is 9.99. The summed E-state index contributed by atoms with van der Waals surface area (Å²) >= 11 is 0. The van der Waals surface area contributed by atoms with Crippen LogP contribution in [0.5, 0.6) is 0 Å². The van der Waals surface area contributed by atoms with Crippen molar-refractivity contribution in [3.63, 3.8) is 0 Å². The lowest BCUT2D eigenvalue weighted by molar-refractivity contribution is 0.0868. The summed E-state index contributed by atoms with van der Waals surface area (Å²) in [5.41, 5.74) is 1.48. The maximum atomic E-state index is 13.4. The van der Waals surface area contributed by atoms with Crippen molar-refractivity contribution in [1.29, 1.82) is 0 Å². The molecule has 2 heterocycles. The number of aromatic nitrogens is 1. The summed E-state index contributed by atoms with van der Waals surface area (Å²) in [6.45, 7) is 9.54. The van der Waals surface area contributed by atoms with Gasteiger partial charge in [-0.2, -0.15) is 5.10 Å². The number of benzene rings is 1. The molecule has 2 aromatic rings. The number of aliphatic hydroxyl groups is 1. The summed E-state index contributed by atoms with van der Waals surface area (Å²) < 4.78 is 13.4. The molecule has 0 bridgehead atoms. The highest BCUT2D eigenvalue weighted by Gasteiger charge is 2.33. The van der Waals surface area contributed by atoms with Crippen molar-refractivity contribution in [3.05, 3.63) is 53.5 Å². The average Bonchev–Trinajstić information content (AvgIpc) is 3.18. The number of nitrogens with zero attached hydrogens (tertiary/aromatic N) is 3. The van der Waals surface area contributed by atoms with Gasteiger partial charge < -0.3 is 10.4 Å². The minimum atomic E-state index is -0.759. The van der Waals surface area contributed by atoms with Crippen molar-refractivity contribution in [1.82, 2.24) is 15.3 Å². The van der Waals surface area contributed by atoms with E-state index >= 15 is 0 Å². The molecule has 1 atom stereocenters. The summed E-state index contributed by atoms with van der Waals surface area (Å²) in [5, 5.41) is 18.9. The highest BCUT2D eigenvalue weighted by Crippen LogP contribution is 2.35. The number of carbonyl (C=O) groups is 1. The maximum Gasteiger partial charge on any atom is 0.251 e. The van der Waals surface area contributed by atoms with Gasteiger partial charge in [-0.15, -0.1) is 0 Å². The van der Waals surface area contributed by atoms with Gasteiger partial charge in [0.05, 0.1) is 35.1 Å². The summed E-state index contributed by atoms with van der Waals surface area (Å²) in [6, 6.07) is 9.39. The van der Waals surface area contributed by atoms with Crippen LogP contribution >= 0.6 is 0 Å². The molecule has 1 amide bonds. The lowest BCUT2D eigenvalue weighted by Gasteiger charge is -2.35. The predicted octanol–water partition coefficient (Wildman–Crippen LogP) is 3.92. The van der Waals surface area contributed by atoms with Crippen molar-refractivity contribution >= 4 is 12.1 Å².